The molecule has 0 aromatic rings. The predicted octanol–water partition coefficient (Wildman–Crippen LogP) is 1.80. The summed E-state index contributed by atoms with van der Waals surface area (Å²) in [5, 5.41) is 3.59. The second-order valence-electron chi connectivity index (χ2n) is 8.30. The molecule has 0 amide bonds. The van der Waals surface area contributed by atoms with Crippen molar-refractivity contribution in [1.29, 1.82) is 0 Å². The van der Waals surface area contributed by atoms with Crippen LogP contribution in [0.3, 0.4) is 0 Å². The van der Waals surface area contributed by atoms with Crippen LogP contribution in [0, 0.1) is 5.92 Å². The van der Waals surface area contributed by atoms with E-state index in [1.165, 1.54) is 26.1 Å². The maximum absolute atomic E-state index is 6.30. The molecule has 0 spiro atoms. The summed E-state index contributed by atoms with van der Waals surface area (Å²) in [4.78, 5) is 4.98. The van der Waals surface area contributed by atoms with Crippen LogP contribution in [0.25, 0.3) is 0 Å². The molecule has 2 heterocycles. The van der Waals surface area contributed by atoms with Gasteiger partial charge in [0.15, 0.2) is 0 Å². The summed E-state index contributed by atoms with van der Waals surface area (Å²) in [6, 6.07) is 1.15. The second kappa shape index (κ2) is 6.15. The van der Waals surface area contributed by atoms with Crippen molar-refractivity contribution >= 4 is 0 Å². The van der Waals surface area contributed by atoms with Crippen LogP contribution in [0.15, 0.2) is 0 Å². The molecule has 0 aliphatic carbocycles. The Morgan fingerprint density at radius 3 is 2.38 bits per heavy atom. The highest BCUT2D eigenvalue weighted by molar-refractivity contribution is 5.00. The summed E-state index contributed by atoms with van der Waals surface area (Å²) in [7, 11) is 6.61. The molecule has 0 radical (unpaired) electrons. The number of likely N-dealkylation sites (N-methyl/N-ethyl adjacent to an activating group) is 2. The molecule has 2 aliphatic heterocycles. The van der Waals surface area contributed by atoms with E-state index in [9.17, 15) is 0 Å². The number of rotatable bonds is 4. The lowest BCUT2D eigenvalue weighted by Gasteiger charge is -2.41. The van der Waals surface area contributed by atoms with Crippen molar-refractivity contribution in [2.45, 2.75) is 63.8 Å². The Morgan fingerprint density at radius 1 is 1.19 bits per heavy atom. The van der Waals surface area contributed by atoms with E-state index in [-0.39, 0.29) is 11.2 Å². The molecule has 3 atom stereocenters. The molecule has 1 N–H and O–H groups in total. The Balaban J connectivity index is 2.06. The highest BCUT2D eigenvalue weighted by Gasteiger charge is 2.49. The Morgan fingerprint density at radius 2 is 1.86 bits per heavy atom. The van der Waals surface area contributed by atoms with Gasteiger partial charge in [-0.2, -0.15) is 0 Å². The zero-order valence-electron chi connectivity index (χ0n) is 15.1. The van der Waals surface area contributed by atoms with Gasteiger partial charge in [-0.3, -0.25) is 0 Å². The van der Waals surface area contributed by atoms with E-state index < -0.39 is 0 Å². The molecule has 124 valence electrons. The molecule has 0 saturated carbocycles. The Bertz CT molecular complexity index is 356. The summed E-state index contributed by atoms with van der Waals surface area (Å²) in [5.74, 6) is 0.568. The van der Waals surface area contributed by atoms with Crippen molar-refractivity contribution in [3.8, 4) is 0 Å². The molecule has 4 nitrogen and oxygen atoms in total. The van der Waals surface area contributed by atoms with Crippen molar-refractivity contribution in [3.63, 3.8) is 0 Å². The van der Waals surface area contributed by atoms with Crippen LogP contribution >= 0.6 is 0 Å². The van der Waals surface area contributed by atoms with Gasteiger partial charge in [0.2, 0.25) is 0 Å². The molecule has 2 fully saturated rings. The van der Waals surface area contributed by atoms with E-state index in [1.54, 1.807) is 0 Å². The molecule has 2 saturated heterocycles. The topological polar surface area (TPSA) is 27.7 Å². The van der Waals surface area contributed by atoms with Crippen molar-refractivity contribution in [3.05, 3.63) is 0 Å². The molecule has 3 unspecified atom stereocenters. The summed E-state index contributed by atoms with van der Waals surface area (Å²) < 4.78 is 6.30. The smallest absolute Gasteiger partial charge is 0.0677 e. The molecule has 2 aliphatic rings. The largest absolute Gasteiger partial charge is 0.369 e. The van der Waals surface area contributed by atoms with Crippen LogP contribution in [0.2, 0.25) is 0 Å². The molecule has 0 aromatic heterocycles. The third kappa shape index (κ3) is 3.98. The molecule has 0 bridgehead atoms. The number of ether oxygens (including phenoxy) is 1. The van der Waals surface area contributed by atoms with E-state index in [4.69, 9.17) is 4.74 Å². The number of piperazine rings is 1. The third-order valence-corrected chi connectivity index (χ3v) is 5.51. The third-order valence-electron chi connectivity index (χ3n) is 5.51. The van der Waals surface area contributed by atoms with Gasteiger partial charge in [-0.15, -0.1) is 0 Å². The monoisotopic (exact) mass is 297 g/mol. The maximum atomic E-state index is 6.30. The Hall–Kier alpha value is -0.160. The predicted molar refractivity (Wildman–Crippen MR) is 88.7 cm³/mol. The first-order chi connectivity index (χ1) is 9.64. The van der Waals surface area contributed by atoms with Crippen LogP contribution in [-0.2, 0) is 4.74 Å². The quantitative estimate of drug-likeness (QED) is 0.856. The number of nitrogens with one attached hydrogen (secondary N) is 1. The summed E-state index contributed by atoms with van der Waals surface area (Å²) >= 11 is 0. The van der Waals surface area contributed by atoms with Gasteiger partial charge < -0.3 is 19.9 Å². The van der Waals surface area contributed by atoms with Crippen molar-refractivity contribution < 1.29 is 4.74 Å². The van der Waals surface area contributed by atoms with E-state index >= 15 is 0 Å². The fraction of sp³-hybridized carbons (Fsp3) is 1.00. The number of hydrogen-bond acceptors (Lipinski definition) is 4. The van der Waals surface area contributed by atoms with Gasteiger partial charge in [-0.25, -0.2) is 0 Å². The van der Waals surface area contributed by atoms with E-state index in [0.717, 1.165) is 6.42 Å². The molecule has 0 aromatic carbocycles. The van der Waals surface area contributed by atoms with Crippen LogP contribution in [0.1, 0.15) is 40.5 Å². The molecule has 4 heteroatoms. The van der Waals surface area contributed by atoms with Gasteiger partial charge >= 0.3 is 0 Å². The maximum Gasteiger partial charge on any atom is 0.0677 e. The molecule has 21 heavy (non-hydrogen) atoms. The van der Waals surface area contributed by atoms with Gasteiger partial charge in [0.05, 0.1) is 11.2 Å². The van der Waals surface area contributed by atoms with Crippen LogP contribution in [0.5, 0.6) is 0 Å². The van der Waals surface area contributed by atoms with Gasteiger partial charge in [0, 0.05) is 37.6 Å². The minimum atomic E-state index is -0.0453. The van der Waals surface area contributed by atoms with Gasteiger partial charge in [0.25, 0.3) is 0 Å². The minimum Gasteiger partial charge on any atom is -0.369 e. The standard InChI is InChI=1S/C17H35N3O/c1-16(2)11-14(17(3,4)21-16)15(18-5)10-13-12-19(6)8-9-20(13)7/h13-15,18H,8-12H2,1-7H3. The van der Waals surface area contributed by atoms with Gasteiger partial charge in [-0.05, 0) is 61.7 Å². The zero-order chi connectivity index (χ0) is 15.8. The van der Waals surface area contributed by atoms with Crippen molar-refractivity contribution in [2.75, 3.05) is 40.8 Å². The van der Waals surface area contributed by atoms with E-state index in [0.29, 0.717) is 18.0 Å². The summed E-state index contributed by atoms with van der Waals surface area (Å²) in [6.45, 7) is 12.5. The van der Waals surface area contributed by atoms with Crippen LogP contribution in [-0.4, -0.2) is 73.9 Å². The van der Waals surface area contributed by atoms with Crippen molar-refractivity contribution in [1.82, 2.24) is 15.1 Å². The number of hydrogen-bond donors (Lipinski definition) is 1. The first-order valence-corrected chi connectivity index (χ1v) is 8.41. The SMILES string of the molecule is CNC(CC1CN(C)CCN1C)C1CC(C)(C)OC1(C)C. The average Bonchev–Trinajstić information content (AvgIpc) is 2.58. The molecule has 2 rings (SSSR count). The highest BCUT2D eigenvalue weighted by atomic mass is 16.5. The molecular formula is C17H35N3O. The Labute approximate surface area is 131 Å². The van der Waals surface area contributed by atoms with Gasteiger partial charge in [0.1, 0.15) is 0 Å². The zero-order valence-corrected chi connectivity index (χ0v) is 15.1. The normalized spacial score (nSPS) is 35.0. The van der Waals surface area contributed by atoms with Gasteiger partial charge in [-0.1, -0.05) is 0 Å². The highest BCUT2D eigenvalue weighted by Crippen LogP contribution is 2.44. The average molecular weight is 297 g/mol. The first-order valence-electron chi connectivity index (χ1n) is 8.41. The first kappa shape index (κ1) is 17.2. The van der Waals surface area contributed by atoms with Crippen LogP contribution < -0.4 is 5.32 Å². The lowest BCUT2D eigenvalue weighted by atomic mass is 9.79. The van der Waals surface area contributed by atoms with Crippen molar-refractivity contribution in [2.24, 2.45) is 5.92 Å². The van der Waals surface area contributed by atoms with E-state index in [1.807, 2.05) is 0 Å². The van der Waals surface area contributed by atoms with E-state index in [2.05, 4.69) is 64.0 Å². The lowest BCUT2D eigenvalue weighted by Crippen LogP contribution is -2.54. The number of nitrogens with zero attached hydrogens (tertiary/aromatic N) is 2. The fourth-order valence-corrected chi connectivity index (χ4v) is 4.36. The Kier molecular flexibility index (Phi) is 5.04. The summed E-state index contributed by atoms with van der Waals surface area (Å²) in [6.07, 6.45) is 2.34. The summed E-state index contributed by atoms with van der Waals surface area (Å²) in [5.41, 5.74) is -0.0468. The minimum absolute atomic E-state index is 0.00146. The second-order valence-corrected chi connectivity index (χ2v) is 8.30. The van der Waals surface area contributed by atoms with Crippen LogP contribution in [0.4, 0.5) is 0 Å². The fourth-order valence-electron chi connectivity index (χ4n) is 4.36. The lowest BCUT2D eigenvalue weighted by molar-refractivity contribution is -0.0785. The molecular weight excluding hydrogens is 262 g/mol.